The Kier molecular flexibility index (Phi) is 4.42. The van der Waals surface area contributed by atoms with Gasteiger partial charge in [-0.2, -0.15) is 0 Å². The van der Waals surface area contributed by atoms with Crippen LogP contribution in [0.1, 0.15) is 26.2 Å². The molecule has 2 heterocycles. The molecule has 108 valence electrons. The quantitative estimate of drug-likeness (QED) is 0.809. The second-order valence-corrected chi connectivity index (χ2v) is 5.35. The molecule has 0 aliphatic carbocycles. The minimum Gasteiger partial charge on any atom is -0.479 e. The number of ether oxygens (including phenoxy) is 2. The highest BCUT2D eigenvalue weighted by molar-refractivity contribution is 5.82. The summed E-state index contributed by atoms with van der Waals surface area (Å²) in [6, 6.07) is 0. The maximum absolute atomic E-state index is 12.3. The van der Waals surface area contributed by atoms with E-state index in [0.29, 0.717) is 31.8 Å². The SMILES string of the molecule is COC1CN(C(=O)[C@@H]2CC[C@H](C(=O)O)O2)CCC1C. The van der Waals surface area contributed by atoms with Crippen LogP contribution < -0.4 is 0 Å². The summed E-state index contributed by atoms with van der Waals surface area (Å²) in [7, 11) is 1.65. The number of carboxylic acid groups (broad SMARTS) is 1. The number of amides is 1. The summed E-state index contributed by atoms with van der Waals surface area (Å²) in [5.41, 5.74) is 0. The molecule has 0 saturated carbocycles. The zero-order chi connectivity index (χ0) is 14.0. The van der Waals surface area contributed by atoms with E-state index in [0.717, 1.165) is 6.42 Å². The standard InChI is InChI=1S/C13H21NO5/c1-8-5-6-14(7-11(8)18-2)12(15)9-3-4-10(19-9)13(16)17/h8-11H,3-7H2,1-2H3,(H,16,17)/t8?,9-,10+,11?/m0/s1. The largest absolute Gasteiger partial charge is 0.479 e. The van der Waals surface area contributed by atoms with E-state index in [1.807, 2.05) is 0 Å². The number of hydrogen-bond acceptors (Lipinski definition) is 4. The van der Waals surface area contributed by atoms with Crippen molar-refractivity contribution in [1.29, 1.82) is 0 Å². The molecule has 1 amide bonds. The fourth-order valence-electron chi connectivity index (χ4n) is 2.74. The molecule has 6 heteroatoms. The molecule has 2 aliphatic heterocycles. The van der Waals surface area contributed by atoms with Crippen molar-refractivity contribution in [2.24, 2.45) is 5.92 Å². The molecule has 6 nitrogen and oxygen atoms in total. The predicted molar refractivity (Wildman–Crippen MR) is 66.7 cm³/mol. The zero-order valence-corrected chi connectivity index (χ0v) is 11.4. The Morgan fingerprint density at radius 3 is 2.53 bits per heavy atom. The van der Waals surface area contributed by atoms with Crippen LogP contribution in [0.5, 0.6) is 0 Å². The van der Waals surface area contributed by atoms with Gasteiger partial charge in [0.1, 0.15) is 6.10 Å². The number of nitrogens with zero attached hydrogens (tertiary/aromatic N) is 1. The van der Waals surface area contributed by atoms with E-state index in [4.69, 9.17) is 14.6 Å². The van der Waals surface area contributed by atoms with Gasteiger partial charge in [0.2, 0.25) is 0 Å². The van der Waals surface area contributed by atoms with Gasteiger partial charge in [0.05, 0.1) is 6.10 Å². The van der Waals surface area contributed by atoms with Gasteiger partial charge in [-0.3, -0.25) is 4.79 Å². The molecule has 2 saturated heterocycles. The fourth-order valence-corrected chi connectivity index (χ4v) is 2.74. The summed E-state index contributed by atoms with van der Waals surface area (Å²) in [5, 5.41) is 8.87. The van der Waals surface area contributed by atoms with E-state index in [-0.39, 0.29) is 12.0 Å². The molecule has 2 fully saturated rings. The number of hydrogen-bond donors (Lipinski definition) is 1. The number of rotatable bonds is 3. The monoisotopic (exact) mass is 271 g/mol. The summed E-state index contributed by atoms with van der Waals surface area (Å²) >= 11 is 0. The molecule has 0 aromatic heterocycles. The number of carbonyl (C=O) groups excluding carboxylic acids is 1. The molecule has 0 aromatic rings. The van der Waals surface area contributed by atoms with E-state index < -0.39 is 18.2 Å². The summed E-state index contributed by atoms with van der Waals surface area (Å²) in [6.45, 7) is 3.37. The smallest absolute Gasteiger partial charge is 0.332 e. The lowest BCUT2D eigenvalue weighted by atomic mass is 9.95. The minimum atomic E-state index is -0.989. The van der Waals surface area contributed by atoms with Gasteiger partial charge < -0.3 is 19.5 Å². The van der Waals surface area contributed by atoms with Gasteiger partial charge >= 0.3 is 5.97 Å². The number of carboxylic acids is 1. The maximum atomic E-state index is 12.3. The second-order valence-electron chi connectivity index (χ2n) is 5.35. The van der Waals surface area contributed by atoms with Crippen molar-refractivity contribution < 1.29 is 24.2 Å². The third kappa shape index (κ3) is 3.06. The molecule has 4 atom stereocenters. The van der Waals surface area contributed by atoms with Crippen molar-refractivity contribution in [3.8, 4) is 0 Å². The fraction of sp³-hybridized carbons (Fsp3) is 0.846. The van der Waals surface area contributed by atoms with Gasteiger partial charge in [-0.15, -0.1) is 0 Å². The van der Waals surface area contributed by atoms with Crippen LogP contribution in [0.4, 0.5) is 0 Å². The van der Waals surface area contributed by atoms with Crippen molar-refractivity contribution >= 4 is 11.9 Å². The van der Waals surface area contributed by atoms with Gasteiger partial charge in [-0.1, -0.05) is 6.92 Å². The van der Waals surface area contributed by atoms with E-state index in [9.17, 15) is 9.59 Å². The highest BCUT2D eigenvalue weighted by Gasteiger charge is 2.38. The Balaban J connectivity index is 1.92. The summed E-state index contributed by atoms with van der Waals surface area (Å²) in [4.78, 5) is 24.8. The van der Waals surface area contributed by atoms with Crippen molar-refractivity contribution in [1.82, 2.24) is 4.90 Å². The highest BCUT2D eigenvalue weighted by atomic mass is 16.5. The Labute approximate surface area is 112 Å². The highest BCUT2D eigenvalue weighted by Crippen LogP contribution is 2.25. The average Bonchev–Trinajstić information content (AvgIpc) is 2.88. The van der Waals surface area contributed by atoms with Gasteiger partial charge in [0.15, 0.2) is 6.10 Å². The van der Waals surface area contributed by atoms with Crippen LogP contribution in [0.2, 0.25) is 0 Å². The maximum Gasteiger partial charge on any atom is 0.332 e. The van der Waals surface area contributed by atoms with Crippen LogP contribution in [0.3, 0.4) is 0 Å². The first-order valence-corrected chi connectivity index (χ1v) is 6.72. The van der Waals surface area contributed by atoms with Crippen LogP contribution in [0.15, 0.2) is 0 Å². The molecule has 19 heavy (non-hydrogen) atoms. The second kappa shape index (κ2) is 5.88. The molecule has 0 bridgehead atoms. The topological polar surface area (TPSA) is 76.1 Å². The first-order valence-electron chi connectivity index (χ1n) is 6.72. The third-order valence-electron chi connectivity index (χ3n) is 4.07. The van der Waals surface area contributed by atoms with E-state index in [2.05, 4.69) is 6.92 Å². The van der Waals surface area contributed by atoms with E-state index in [1.165, 1.54) is 0 Å². The van der Waals surface area contributed by atoms with Crippen LogP contribution in [0.25, 0.3) is 0 Å². The molecule has 0 spiro atoms. The van der Waals surface area contributed by atoms with Gasteiger partial charge in [0, 0.05) is 20.2 Å². The molecule has 2 rings (SSSR count). The molecular formula is C13H21NO5. The van der Waals surface area contributed by atoms with E-state index in [1.54, 1.807) is 12.0 Å². The Morgan fingerprint density at radius 1 is 1.26 bits per heavy atom. The zero-order valence-electron chi connectivity index (χ0n) is 11.4. The van der Waals surface area contributed by atoms with Crippen LogP contribution in [-0.4, -0.2) is 60.4 Å². The number of methoxy groups -OCH3 is 1. The number of carbonyl (C=O) groups is 2. The van der Waals surface area contributed by atoms with Gasteiger partial charge in [-0.25, -0.2) is 4.79 Å². The average molecular weight is 271 g/mol. The number of aliphatic carboxylic acids is 1. The number of likely N-dealkylation sites (tertiary alicyclic amines) is 1. The van der Waals surface area contributed by atoms with Crippen molar-refractivity contribution in [3.05, 3.63) is 0 Å². The first kappa shape index (κ1) is 14.3. The van der Waals surface area contributed by atoms with Crippen LogP contribution in [0, 0.1) is 5.92 Å². The first-order chi connectivity index (χ1) is 9.02. The lowest BCUT2D eigenvalue weighted by Crippen LogP contribution is -2.50. The normalized spacial score (nSPS) is 35.4. The van der Waals surface area contributed by atoms with Crippen molar-refractivity contribution in [2.45, 2.75) is 44.5 Å². The summed E-state index contributed by atoms with van der Waals surface area (Å²) in [5.74, 6) is -0.652. The van der Waals surface area contributed by atoms with Crippen LogP contribution >= 0.6 is 0 Å². The third-order valence-corrected chi connectivity index (χ3v) is 4.07. The van der Waals surface area contributed by atoms with E-state index >= 15 is 0 Å². The summed E-state index contributed by atoms with van der Waals surface area (Å²) in [6.07, 6.45) is 0.403. The Morgan fingerprint density at radius 2 is 1.95 bits per heavy atom. The minimum absolute atomic E-state index is 0.0503. The Hall–Kier alpha value is -1.14. The van der Waals surface area contributed by atoms with Gasteiger partial charge in [0.25, 0.3) is 5.91 Å². The van der Waals surface area contributed by atoms with Crippen LogP contribution in [-0.2, 0) is 19.1 Å². The van der Waals surface area contributed by atoms with Crippen molar-refractivity contribution in [3.63, 3.8) is 0 Å². The van der Waals surface area contributed by atoms with Gasteiger partial charge in [-0.05, 0) is 25.2 Å². The number of piperidine rings is 1. The molecule has 0 radical (unpaired) electrons. The summed E-state index contributed by atoms with van der Waals surface area (Å²) < 4.78 is 10.7. The van der Waals surface area contributed by atoms with Crippen molar-refractivity contribution in [2.75, 3.05) is 20.2 Å². The Bertz CT molecular complexity index is 359. The lowest BCUT2D eigenvalue weighted by molar-refractivity contribution is -0.156. The lowest BCUT2D eigenvalue weighted by Gasteiger charge is -2.37. The molecule has 0 aromatic carbocycles. The molecular weight excluding hydrogens is 250 g/mol. The molecule has 2 unspecified atom stereocenters. The molecule has 1 N–H and O–H groups in total. The predicted octanol–water partition coefficient (Wildman–Crippen LogP) is 0.502. The molecule has 2 aliphatic rings.